The topological polar surface area (TPSA) is 82.2 Å². The highest BCUT2D eigenvalue weighted by molar-refractivity contribution is 8.00. The fourth-order valence-corrected chi connectivity index (χ4v) is 4.60. The molecule has 0 spiro atoms. The first kappa shape index (κ1) is 14.9. The molecule has 1 aliphatic rings. The molecule has 0 aromatic carbocycles. The van der Waals surface area contributed by atoms with Crippen molar-refractivity contribution in [3.8, 4) is 0 Å². The van der Waals surface area contributed by atoms with Gasteiger partial charge in [0.2, 0.25) is 10.0 Å². The molecule has 3 N–H and O–H groups in total. The van der Waals surface area contributed by atoms with Crippen molar-refractivity contribution in [1.82, 2.24) is 9.71 Å². The van der Waals surface area contributed by atoms with Crippen LogP contribution >= 0.6 is 11.8 Å². The van der Waals surface area contributed by atoms with Gasteiger partial charge in [0.05, 0.1) is 11.5 Å². The van der Waals surface area contributed by atoms with Crippen molar-refractivity contribution < 1.29 is 13.5 Å². The lowest BCUT2D eigenvalue weighted by molar-refractivity contribution is 0.277. The molecule has 7 heteroatoms. The molecule has 0 radical (unpaired) electrons. The van der Waals surface area contributed by atoms with Crippen molar-refractivity contribution in [3.05, 3.63) is 18.0 Å². The van der Waals surface area contributed by atoms with Crippen molar-refractivity contribution >= 4 is 21.8 Å². The van der Waals surface area contributed by atoms with Crippen molar-refractivity contribution in [2.75, 3.05) is 12.8 Å². The summed E-state index contributed by atoms with van der Waals surface area (Å²) in [7, 11) is -3.49. The van der Waals surface area contributed by atoms with Gasteiger partial charge in [0, 0.05) is 23.2 Å². The average Bonchev–Trinajstić information content (AvgIpc) is 3.06. The zero-order valence-electron chi connectivity index (χ0n) is 11.0. The van der Waals surface area contributed by atoms with Crippen LogP contribution in [0.1, 0.15) is 31.4 Å². The van der Waals surface area contributed by atoms with Gasteiger partial charge in [-0.15, -0.1) is 0 Å². The molecule has 0 atom stereocenters. The number of hydrogen-bond donors (Lipinski definition) is 3. The van der Waals surface area contributed by atoms with Crippen LogP contribution < -0.4 is 4.72 Å². The van der Waals surface area contributed by atoms with E-state index in [1.54, 1.807) is 11.8 Å². The highest BCUT2D eigenvalue weighted by Gasteiger charge is 2.34. The zero-order valence-corrected chi connectivity index (χ0v) is 12.6. The summed E-state index contributed by atoms with van der Waals surface area (Å²) in [6.45, 7) is 0.278. The van der Waals surface area contributed by atoms with Crippen LogP contribution in [0.15, 0.2) is 17.2 Å². The Hall–Kier alpha value is -0.500. The Morgan fingerprint density at radius 3 is 2.68 bits per heavy atom. The van der Waals surface area contributed by atoms with Gasteiger partial charge in [-0.1, -0.05) is 12.8 Å². The van der Waals surface area contributed by atoms with Gasteiger partial charge in [-0.2, -0.15) is 11.8 Å². The largest absolute Gasteiger partial charge is 0.390 e. The Labute approximate surface area is 118 Å². The van der Waals surface area contributed by atoms with Gasteiger partial charge in [-0.3, -0.25) is 0 Å². The van der Waals surface area contributed by atoms with Crippen LogP contribution in [0.3, 0.4) is 0 Å². The van der Waals surface area contributed by atoms with Gasteiger partial charge >= 0.3 is 0 Å². The van der Waals surface area contributed by atoms with E-state index in [0.717, 1.165) is 12.8 Å². The molecule has 0 saturated heterocycles. The Balaban J connectivity index is 2.05. The molecule has 1 aromatic rings. The summed E-state index contributed by atoms with van der Waals surface area (Å²) in [6, 6.07) is 1.46. The second-order valence-electron chi connectivity index (χ2n) is 4.94. The number of aromatic nitrogens is 1. The number of thioether (sulfide) groups is 1. The summed E-state index contributed by atoms with van der Waals surface area (Å²) in [4.78, 5) is 2.92. The third-order valence-electron chi connectivity index (χ3n) is 3.73. The molecule has 1 heterocycles. The molecule has 19 heavy (non-hydrogen) atoms. The maximum Gasteiger partial charge on any atom is 0.242 e. The molecule has 0 amide bonds. The Morgan fingerprint density at radius 2 is 2.16 bits per heavy atom. The van der Waals surface area contributed by atoms with Crippen LogP contribution in [-0.4, -0.2) is 36.1 Å². The molecular formula is C12H20N2O3S2. The SMILES string of the molecule is CSC1(CNS(=O)(=O)c2c[nH]c(CO)c2)CCCC1. The minimum Gasteiger partial charge on any atom is -0.390 e. The molecular weight excluding hydrogens is 284 g/mol. The van der Waals surface area contributed by atoms with Crippen molar-refractivity contribution in [2.24, 2.45) is 0 Å². The molecule has 1 saturated carbocycles. The van der Waals surface area contributed by atoms with E-state index in [2.05, 4.69) is 9.71 Å². The summed E-state index contributed by atoms with van der Waals surface area (Å²) < 4.78 is 27.0. The van der Waals surface area contributed by atoms with Gasteiger partial charge in [0.15, 0.2) is 0 Å². The highest BCUT2D eigenvalue weighted by atomic mass is 32.2. The van der Waals surface area contributed by atoms with Gasteiger partial charge in [-0.25, -0.2) is 13.1 Å². The smallest absolute Gasteiger partial charge is 0.242 e. The summed E-state index contributed by atoms with van der Waals surface area (Å²) >= 11 is 1.75. The molecule has 1 aliphatic carbocycles. The molecule has 0 aliphatic heterocycles. The highest BCUT2D eigenvalue weighted by Crippen LogP contribution is 2.39. The molecule has 108 valence electrons. The molecule has 2 rings (SSSR count). The third-order valence-corrected chi connectivity index (χ3v) is 6.53. The minimum absolute atomic E-state index is 0.0448. The first-order valence-corrected chi connectivity index (χ1v) is 9.05. The van der Waals surface area contributed by atoms with Crippen molar-refractivity contribution in [2.45, 2.75) is 41.9 Å². The van der Waals surface area contributed by atoms with Gasteiger partial charge in [0.1, 0.15) is 0 Å². The van der Waals surface area contributed by atoms with E-state index in [0.29, 0.717) is 12.2 Å². The second-order valence-corrected chi connectivity index (χ2v) is 7.98. The predicted octanol–water partition coefficient (Wildman–Crippen LogP) is 1.46. The van der Waals surface area contributed by atoms with E-state index in [9.17, 15) is 8.42 Å². The first-order valence-electron chi connectivity index (χ1n) is 6.34. The van der Waals surface area contributed by atoms with Crippen LogP contribution in [0.25, 0.3) is 0 Å². The number of aromatic amines is 1. The summed E-state index contributed by atoms with van der Waals surface area (Å²) in [5.41, 5.74) is 0.501. The van der Waals surface area contributed by atoms with Crippen molar-refractivity contribution in [1.29, 1.82) is 0 Å². The van der Waals surface area contributed by atoms with E-state index in [-0.39, 0.29) is 16.2 Å². The molecule has 5 nitrogen and oxygen atoms in total. The van der Waals surface area contributed by atoms with Crippen LogP contribution in [0.4, 0.5) is 0 Å². The average molecular weight is 304 g/mol. The van der Waals surface area contributed by atoms with Gasteiger partial charge in [0.25, 0.3) is 0 Å². The number of aliphatic hydroxyl groups excluding tert-OH is 1. The zero-order chi connectivity index (χ0) is 13.9. The number of hydrogen-bond acceptors (Lipinski definition) is 4. The van der Waals surface area contributed by atoms with Crippen LogP contribution in [0.2, 0.25) is 0 Å². The first-order chi connectivity index (χ1) is 9.01. The standard InChI is InChI=1S/C12H20N2O3S2/c1-18-12(4-2-3-5-12)9-14-19(16,17)11-6-10(8-15)13-7-11/h6-7,13-15H,2-5,8-9H2,1H3. The van der Waals surface area contributed by atoms with Gasteiger partial charge in [-0.05, 0) is 25.2 Å². The van der Waals surface area contributed by atoms with Crippen LogP contribution in [0.5, 0.6) is 0 Å². The van der Waals surface area contributed by atoms with E-state index < -0.39 is 10.0 Å². The Kier molecular flexibility index (Phi) is 4.60. The normalized spacial score (nSPS) is 18.8. The third kappa shape index (κ3) is 3.34. The fourth-order valence-electron chi connectivity index (χ4n) is 2.45. The Morgan fingerprint density at radius 1 is 1.47 bits per heavy atom. The Bertz CT molecular complexity index is 519. The summed E-state index contributed by atoms with van der Waals surface area (Å²) in [6.07, 6.45) is 7.91. The van der Waals surface area contributed by atoms with E-state index >= 15 is 0 Å². The number of aliphatic hydroxyl groups is 1. The monoisotopic (exact) mass is 304 g/mol. The molecule has 0 bridgehead atoms. The number of rotatable bonds is 6. The van der Waals surface area contributed by atoms with E-state index in [4.69, 9.17) is 5.11 Å². The predicted molar refractivity (Wildman–Crippen MR) is 76.6 cm³/mol. The maximum atomic E-state index is 12.2. The number of sulfonamides is 1. The quantitative estimate of drug-likeness (QED) is 0.743. The lowest BCUT2D eigenvalue weighted by Gasteiger charge is -2.26. The molecule has 1 fully saturated rings. The lowest BCUT2D eigenvalue weighted by Crippen LogP contribution is -2.38. The van der Waals surface area contributed by atoms with Gasteiger partial charge < -0.3 is 10.1 Å². The van der Waals surface area contributed by atoms with E-state index in [1.165, 1.54) is 25.1 Å². The summed E-state index contributed by atoms with van der Waals surface area (Å²) in [5.74, 6) is 0. The summed E-state index contributed by atoms with van der Waals surface area (Å²) in [5, 5.41) is 8.95. The number of nitrogens with one attached hydrogen (secondary N) is 2. The molecule has 0 unspecified atom stereocenters. The fraction of sp³-hybridized carbons (Fsp3) is 0.667. The van der Waals surface area contributed by atoms with E-state index in [1.807, 2.05) is 6.26 Å². The minimum atomic E-state index is -3.49. The van der Waals surface area contributed by atoms with Crippen molar-refractivity contribution in [3.63, 3.8) is 0 Å². The number of H-pyrrole nitrogens is 1. The lowest BCUT2D eigenvalue weighted by atomic mass is 10.1. The second kappa shape index (κ2) is 5.87. The molecule has 1 aromatic heterocycles. The maximum absolute atomic E-state index is 12.2. The van der Waals surface area contributed by atoms with Crippen LogP contribution in [0, 0.1) is 0 Å². The van der Waals surface area contributed by atoms with Crippen LogP contribution in [-0.2, 0) is 16.6 Å².